The highest BCUT2D eigenvalue weighted by atomic mass is 32.2. The summed E-state index contributed by atoms with van der Waals surface area (Å²) in [6.07, 6.45) is 4.30. The minimum atomic E-state index is -3.02. The van der Waals surface area contributed by atoms with Crippen LogP contribution in [0.1, 0.15) is 25.0 Å². The second kappa shape index (κ2) is 7.93. The van der Waals surface area contributed by atoms with E-state index in [4.69, 9.17) is 16.6 Å². The number of furan rings is 1. The lowest BCUT2D eigenvalue weighted by Gasteiger charge is -2.15. The Morgan fingerprint density at radius 3 is 2.96 bits per heavy atom. The summed E-state index contributed by atoms with van der Waals surface area (Å²) in [6, 6.07) is 3.18. The van der Waals surface area contributed by atoms with Crippen molar-refractivity contribution < 1.29 is 22.4 Å². The number of thiocarbonyl (C=S) groups is 1. The summed E-state index contributed by atoms with van der Waals surface area (Å²) in [7, 11) is -3.02. The smallest absolute Gasteiger partial charge is 0.266 e. The van der Waals surface area contributed by atoms with Gasteiger partial charge < -0.3 is 9.73 Å². The third-order valence-corrected chi connectivity index (χ3v) is 7.22. The molecule has 26 heavy (non-hydrogen) atoms. The SMILES string of the molecule is O=C(CCCN1C(=O)/C(=C\c2ccco2)SC1=S)N[C@@H]1CCS(=O)(=O)C1. The number of nitrogens with one attached hydrogen (secondary N) is 1. The number of nitrogens with zero attached hydrogens (tertiary/aromatic N) is 1. The Hall–Kier alpha value is -1.65. The van der Waals surface area contributed by atoms with Gasteiger partial charge in [0.25, 0.3) is 5.91 Å². The summed E-state index contributed by atoms with van der Waals surface area (Å²) >= 11 is 6.45. The number of hydrogen-bond donors (Lipinski definition) is 1. The Labute approximate surface area is 161 Å². The van der Waals surface area contributed by atoms with Gasteiger partial charge in [0.15, 0.2) is 9.84 Å². The Morgan fingerprint density at radius 1 is 1.50 bits per heavy atom. The maximum atomic E-state index is 12.4. The molecular formula is C16H18N2O5S3. The summed E-state index contributed by atoms with van der Waals surface area (Å²) in [5.74, 6) is 0.306. The van der Waals surface area contributed by atoms with Crippen molar-refractivity contribution in [2.24, 2.45) is 0 Å². The number of sulfone groups is 1. The topological polar surface area (TPSA) is 96.7 Å². The zero-order chi connectivity index (χ0) is 18.7. The average molecular weight is 415 g/mol. The quantitative estimate of drug-likeness (QED) is 0.557. The maximum Gasteiger partial charge on any atom is 0.266 e. The van der Waals surface area contributed by atoms with Crippen molar-refractivity contribution in [3.63, 3.8) is 0 Å². The fraction of sp³-hybridized carbons (Fsp3) is 0.438. The summed E-state index contributed by atoms with van der Waals surface area (Å²) in [6.45, 7) is 0.344. The lowest BCUT2D eigenvalue weighted by molar-refractivity contribution is -0.124. The highest BCUT2D eigenvalue weighted by Gasteiger charge is 2.32. The molecule has 3 heterocycles. The summed E-state index contributed by atoms with van der Waals surface area (Å²) < 4.78 is 28.5. The van der Waals surface area contributed by atoms with Crippen molar-refractivity contribution in [1.29, 1.82) is 0 Å². The van der Waals surface area contributed by atoms with Crippen LogP contribution in [0.25, 0.3) is 6.08 Å². The van der Waals surface area contributed by atoms with Gasteiger partial charge in [0.2, 0.25) is 5.91 Å². The molecular weight excluding hydrogens is 396 g/mol. The molecule has 7 nitrogen and oxygen atoms in total. The van der Waals surface area contributed by atoms with E-state index in [0.717, 1.165) is 0 Å². The zero-order valence-electron chi connectivity index (χ0n) is 13.8. The average Bonchev–Trinajstić information content (AvgIpc) is 3.25. The molecule has 2 aliphatic rings. The molecule has 3 rings (SSSR count). The predicted molar refractivity (Wildman–Crippen MR) is 103 cm³/mol. The van der Waals surface area contributed by atoms with Gasteiger partial charge in [-0.2, -0.15) is 0 Å². The van der Waals surface area contributed by atoms with Crippen LogP contribution in [0.3, 0.4) is 0 Å². The minimum Gasteiger partial charge on any atom is -0.465 e. The van der Waals surface area contributed by atoms with Crippen molar-refractivity contribution in [2.45, 2.75) is 25.3 Å². The number of carbonyl (C=O) groups is 2. The van der Waals surface area contributed by atoms with Crippen molar-refractivity contribution in [2.75, 3.05) is 18.1 Å². The molecule has 10 heteroatoms. The molecule has 1 N–H and O–H groups in total. The maximum absolute atomic E-state index is 12.4. The van der Waals surface area contributed by atoms with Crippen LogP contribution >= 0.6 is 24.0 Å². The van der Waals surface area contributed by atoms with Gasteiger partial charge in [-0.3, -0.25) is 14.5 Å². The molecule has 1 aromatic rings. The van der Waals surface area contributed by atoms with Gasteiger partial charge in [-0.1, -0.05) is 24.0 Å². The molecule has 2 fully saturated rings. The molecule has 2 aliphatic heterocycles. The van der Waals surface area contributed by atoms with Crippen molar-refractivity contribution in [1.82, 2.24) is 10.2 Å². The summed E-state index contributed by atoms with van der Waals surface area (Å²) in [5, 5.41) is 2.74. The van der Waals surface area contributed by atoms with E-state index in [0.29, 0.717) is 34.4 Å². The van der Waals surface area contributed by atoms with Gasteiger partial charge in [0, 0.05) is 25.1 Å². The number of carbonyl (C=O) groups excluding carboxylic acids is 2. The first-order valence-corrected chi connectivity index (χ1v) is 11.2. The van der Waals surface area contributed by atoms with E-state index in [2.05, 4.69) is 5.32 Å². The fourth-order valence-corrected chi connectivity index (χ4v) is 5.76. The van der Waals surface area contributed by atoms with E-state index in [-0.39, 0.29) is 35.8 Å². The zero-order valence-corrected chi connectivity index (χ0v) is 16.3. The number of hydrogen-bond acceptors (Lipinski definition) is 7. The van der Waals surface area contributed by atoms with E-state index >= 15 is 0 Å². The molecule has 2 amide bonds. The van der Waals surface area contributed by atoms with Gasteiger partial charge in [-0.25, -0.2) is 8.42 Å². The molecule has 0 unspecified atom stereocenters. The van der Waals surface area contributed by atoms with Gasteiger partial charge in [-0.15, -0.1) is 0 Å². The van der Waals surface area contributed by atoms with E-state index < -0.39 is 9.84 Å². The largest absolute Gasteiger partial charge is 0.465 e. The van der Waals surface area contributed by atoms with Crippen LogP contribution in [-0.2, 0) is 19.4 Å². The van der Waals surface area contributed by atoms with E-state index in [1.165, 1.54) is 22.9 Å². The Kier molecular flexibility index (Phi) is 5.83. The van der Waals surface area contributed by atoms with Gasteiger partial charge >= 0.3 is 0 Å². The standard InChI is InChI=1S/C16H18N2O5S3/c19-14(17-11-5-8-26(21,22)10-11)4-1-6-18-15(20)13(25-16(18)24)9-12-3-2-7-23-12/h2-3,7,9,11H,1,4-6,8,10H2,(H,17,19)/b13-9+/t11-/m1/s1. The van der Waals surface area contributed by atoms with Crippen LogP contribution in [0.5, 0.6) is 0 Å². The Balaban J connectivity index is 1.46. The number of thioether (sulfide) groups is 1. The molecule has 0 radical (unpaired) electrons. The fourth-order valence-electron chi connectivity index (χ4n) is 2.80. The van der Waals surface area contributed by atoms with Crippen LogP contribution in [-0.4, -0.2) is 53.5 Å². The molecule has 0 aromatic carbocycles. The molecule has 1 atom stereocenters. The van der Waals surface area contributed by atoms with E-state index in [1.54, 1.807) is 18.2 Å². The lowest BCUT2D eigenvalue weighted by Crippen LogP contribution is -2.36. The van der Waals surface area contributed by atoms with E-state index in [1.807, 2.05) is 0 Å². The number of rotatable bonds is 6. The normalized spacial score (nSPS) is 23.8. The Morgan fingerprint density at radius 2 is 2.31 bits per heavy atom. The molecule has 0 aliphatic carbocycles. The highest BCUT2D eigenvalue weighted by Crippen LogP contribution is 2.32. The third kappa shape index (κ3) is 4.74. The first-order chi connectivity index (χ1) is 12.3. The molecule has 2 saturated heterocycles. The first kappa shape index (κ1) is 19.1. The Bertz CT molecular complexity index is 845. The molecule has 140 valence electrons. The van der Waals surface area contributed by atoms with Crippen molar-refractivity contribution in [3.8, 4) is 0 Å². The molecule has 0 spiro atoms. The van der Waals surface area contributed by atoms with Crippen LogP contribution < -0.4 is 5.32 Å². The van der Waals surface area contributed by atoms with Crippen LogP contribution in [0.15, 0.2) is 27.7 Å². The van der Waals surface area contributed by atoms with E-state index in [9.17, 15) is 18.0 Å². The molecule has 1 aromatic heterocycles. The number of amides is 2. The van der Waals surface area contributed by atoms with Crippen LogP contribution in [0.4, 0.5) is 0 Å². The summed E-state index contributed by atoms with van der Waals surface area (Å²) in [5.41, 5.74) is 0. The van der Waals surface area contributed by atoms with Crippen molar-refractivity contribution in [3.05, 3.63) is 29.1 Å². The summed E-state index contributed by atoms with van der Waals surface area (Å²) in [4.78, 5) is 26.3. The van der Waals surface area contributed by atoms with Gasteiger partial charge in [0.1, 0.15) is 10.1 Å². The van der Waals surface area contributed by atoms with Crippen molar-refractivity contribution >= 4 is 56.0 Å². The highest BCUT2D eigenvalue weighted by molar-refractivity contribution is 8.26. The molecule has 0 bridgehead atoms. The van der Waals surface area contributed by atoms with Gasteiger partial charge in [-0.05, 0) is 25.0 Å². The second-order valence-electron chi connectivity index (χ2n) is 6.12. The second-order valence-corrected chi connectivity index (χ2v) is 10.0. The molecule has 0 saturated carbocycles. The predicted octanol–water partition coefficient (Wildman–Crippen LogP) is 1.56. The first-order valence-electron chi connectivity index (χ1n) is 8.13. The van der Waals surface area contributed by atoms with Crippen LogP contribution in [0, 0.1) is 0 Å². The van der Waals surface area contributed by atoms with Crippen LogP contribution in [0.2, 0.25) is 0 Å². The minimum absolute atomic E-state index is 0.00497. The lowest BCUT2D eigenvalue weighted by atomic mass is 10.2. The van der Waals surface area contributed by atoms with Gasteiger partial charge in [0.05, 0.1) is 22.7 Å². The monoisotopic (exact) mass is 414 g/mol. The third-order valence-electron chi connectivity index (χ3n) is 4.07.